The van der Waals surface area contributed by atoms with Crippen molar-refractivity contribution in [3.63, 3.8) is 0 Å². The summed E-state index contributed by atoms with van der Waals surface area (Å²) in [4.78, 5) is 24.7. The van der Waals surface area contributed by atoms with Gasteiger partial charge in [0.15, 0.2) is 0 Å². The number of rotatable bonds is 4. The van der Waals surface area contributed by atoms with Crippen LogP contribution in [-0.2, 0) is 17.9 Å². The second kappa shape index (κ2) is 7.31. The topological polar surface area (TPSA) is 64.0 Å². The van der Waals surface area contributed by atoms with Gasteiger partial charge in [-0.05, 0) is 18.9 Å². The van der Waals surface area contributed by atoms with E-state index in [9.17, 15) is 9.59 Å². The van der Waals surface area contributed by atoms with Gasteiger partial charge in [-0.25, -0.2) is 4.68 Å². The highest BCUT2D eigenvalue weighted by atomic mass is 16.2. The van der Waals surface area contributed by atoms with E-state index in [0.717, 1.165) is 31.1 Å². The Morgan fingerprint density at radius 3 is 2.67 bits per heavy atom. The van der Waals surface area contributed by atoms with Crippen LogP contribution in [0.3, 0.4) is 0 Å². The highest BCUT2D eigenvalue weighted by molar-refractivity contribution is 5.84. The largest absolute Gasteiger partial charge is 0.350 e. The fourth-order valence-electron chi connectivity index (χ4n) is 3.31. The van der Waals surface area contributed by atoms with Crippen LogP contribution in [-0.4, -0.2) is 15.7 Å². The fraction of sp³-hybridized carbons (Fsp3) is 0.421. The molecule has 2 aromatic rings. The Hall–Kier alpha value is -2.61. The van der Waals surface area contributed by atoms with Crippen LogP contribution < -0.4 is 10.9 Å². The number of carbonyl (C=O) groups excluding carboxylic acids is 1. The number of amides is 1. The second-order valence-corrected chi connectivity index (χ2v) is 6.21. The molecule has 0 aliphatic heterocycles. The van der Waals surface area contributed by atoms with Gasteiger partial charge < -0.3 is 5.32 Å². The predicted octanol–water partition coefficient (Wildman–Crippen LogP) is 2.23. The third kappa shape index (κ3) is 3.33. The van der Waals surface area contributed by atoms with E-state index in [0.29, 0.717) is 17.6 Å². The lowest BCUT2D eigenvalue weighted by atomic mass is 9.88. The van der Waals surface area contributed by atoms with E-state index in [4.69, 9.17) is 6.42 Å². The van der Waals surface area contributed by atoms with Crippen molar-refractivity contribution in [2.45, 2.75) is 45.2 Å². The van der Waals surface area contributed by atoms with E-state index in [-0.39, 0.29) is 23.9 Å². The number of nitrogens with one attached hydrogen (secondary N) is 1. The monoisotopic (exact) mass is 323 g/mol. The molecule has 0 spiro atoms. The number of hydrogen-bond donors (Lipinski definition) is 1. The summed E-state index contributed by atoms with van der Waals surface area (Å²) in [7, 11) is 0. The molecular formula is C19H21N3O2. The van der Waals surface area contributed by atoms with Crippen molar-refractivity contribution in [3.8, 4) is 12.3 Å². The molecule has 1 N–H and O–H groups in total. The first-order chi connectivity index (χ1) is 11.7. The number of nitrogens with zero attached hydrogens (tertiary/aromatic N) is 2. The molecule has 1 fully saturated rings. The summed E-state index contributed by atoms with van der Waals surface area (Å²) >= 11 is 0. The second-order valence-electron chi connectivity index (χ2n) is 6.21. The third-order valence-corrected chi connectivity index (χ3v) is 4.59. The molecule has 1 aliphatic rings. The van der Waals surface area contributed by atoms with Crippen LogP contribution in [0.25, 0.3) is 10.8 Å². The lowest BCUT2D eigenvalue weighted by molar-refractivity contribution is -0.126. The molecule has 0 unspecified atom stereocenters. The quantitative estimate of drug-likeness (QED) is 0.878. The minimum atomic E-state index is -0.203. The van der Waals surface area contributed by atoms with Crippen LogP contribution in [0.5, 0.6) is 0 Å². The Balaban J connectivity index is 1.85. The van der Waals surface area contributed by atoms with Crippen molar-refractivity contribution in [1.82, 2.24) is 15.1 Å². The van der Waals surface area contributed by atoms with Gasteiger partial charge in [0.2, 0.25) is 5.91 Å². The first-order valence-corrected chi connectivity index (χ1v) is 8.40. The molecule has 0 atom stereocenters. The third-order valence-electron chi connectivity index (χ3n) is 4.59. The molecule has 5 heteroatoms. The van der Waals surface area contributed by atoms with Gasteiger partial charge in [-0.2, -0.15) is 5.10 Å². The zero-order valence-electron chi connectivity index (χ0n) is 13.6. The van der Waals surface area contributed by atoms with E-state index in [1.54, 1.807) is 6.07 Å². The maximum atomic E-state index is 12.4. The van der Waals surface area contributed by atoms with Crippen LogP contribution in [0.1, 0.15) is 37.8 Å². The lowest BCUT2D eigenvalue weighted by Gasteiger charge is -2.20. The maximum Gasteiger partial charge on any atom is 0.275 e. The Morgan fingerprint density at radius 1 is 1.25 bits per heavy atom. The molecule has 1 heterocycles. The van der Waals surface area contributed by atoms with E-state index in [2.05, 4.69) is 16.3 Å². The van der Waals surface area contributed by atoms with Crippen molar-refractivity contribution in [2.75, 3.05) is 0 Å². The van der Waals surface area contributed by atoms with E-state index in [1.807, 2.05) is 18.2 Å². The molecule has 24 heavy (non-hydrogen) atoms. The minimum absolute atomic E-state index is 0.0790. The SMILES string of the molecule is C#CCn1nc(CNC(=O)C2CCCCC2)c2ccccc2c1=O. The Morgan fingerprint density at radius 2 is 1.96 bits per heavy atom. The van der Waals surface area contributed by atoms with Crippen LogP contribution in [0.4, 0.5) is 0 Å². The molecule has 1 aromatic heterocycles. The standard InChI is InChI=1S/C19H21N3O2/c1-2-12-22-19(24)16-11-7-6-10-15(16)17(21-22)13-20-18(23)14-8-4-3-5-9-14/h1,6-7,10-11,14H,3-5,8-9,12-13H2,(H,20,23). The van der Waals surface area contributed by atoms with Crippen molar-refractivity contribution >= 4 is 16.7 Å². The van der Waals surface area contributed by atoms with Gasteiger partial charge in [-0.15, -0.1) is 6.42 Å². The first kappa shape index (κ1) is 16.3. The molecule has 0 bridgehead atoms. The van der Waals surface area contributed by atoms with Crippen molar-refractivity contribution in [2.24, 2.45) is 5.92 Å². The summed E-state index contributed by atoms with van der Waals surface area (Å²) < 4.78 is 1.28. The molecule has 0 saturated heterocycles. The molecular weight excluding hydrogens is 302 g/mol. The number of fused-ring (bicyclic) bond motifs is 1. The van der Waals surface area contributed by atoms with Gasteiger partial charge >= 0.3 is 0 Å². The predicted molar refractivity (Wildman–Crippen MR) is 93.3 cm³/mol. The van der Waals surface area contributed by atoms with E-state index in [1.165, 1.54) is 11.1 Å². The molecule has 1 aliphatic carbocycles. The van der Waals surface area contributed by atoms with Crippen molar-refractivity contribution in [1.29, 1.82) is 0 Å². The summed E-state index contributed by atoms with van der Waals surface area (Å²) in [5, 5.41) is 8.67. The summed E-state index contributed by atoms with van der Waals surface area (Å²) in [5.41, 5.74) is 0.468. The number of hydrogen-bond acceptors (Lipinski definition) is 3. The highest BCUT2D eigenvalue weighted by Crippen LogP contribution is 2.23. The fourth-order valence-corrected chi connectivity index (χ4v) is 3.31. The van der Waals surface area contributed by atoms with Crippen LogP contribution >= 0.6 is 0 Å². The summed E-state index contributed by atoms with van der Waals surface area (Å²) in [6.45, 7) is 0.425. The average Bonchev–Trinajstić information content (AvgIpc) is 2.63. The number of carbonyl (C=O) groups is 1. The Kier molecular flexibility index (Phi) is 4.95. The number of aromatic nitrogens is 2. The molecule has 0 radical (unpaired) electrons. The zero-order chi connectivity index (χ0) is 16.9. The number of terminal acetylenes is 1. The minimum Gasteiger partial charge on any atom is -0.350 e. The van der Waals surface area contributed by atoms with Gasteiger partial charge in [-0.3, -0.25) is 9.59 Å². The smallest absolute Gasteiger partial charge is 0.275 e. The van der Waals surface area contributed by atoms with E-state index >= 15 is 0 Å². The lowest BCUT2D eigenvalue weighted by Crippen LogP contribution is -2.33. The Labute approximate surface area is 141 Å². The molecule has 3 rings (SSSR count). The van der Waals surface area contributed by atoms with Crippen molar-refractivity contribution in [3.05, 3.63) is 40.3 Å². The van der Waals surface area contributed by atoms with Gasteiger partial charge in [0.05, 0.1) is 17.6 Å². The Bertz CT molecular complexity index is 842. The molecule has 1 saturated carbocycles. The van der Waals surface area contributed by atoms with Crippen LogP contribution in [0, 0.1) is 18.3 Å². The molecule has 5 nitrogen and oxygen atoms in total. The van der Waals surface area contributed by atoms with Crippen LogP contribution in [0.2, 0.25) is 0 Å². The normalized spacial score (nSPS) is 15.1. The van der Waals surface area contributed by atoms with Gasteiger partial charge in [0, 0.05) is 11.3 Å². The average molecular weight is 323 g/mol. The van der Waals surface area contributed by atoms with Gasteiger partial charge in [0.25, 0.3) is 5.56 Å². The zero-order valence-corrected chi connectivity index (χ0v) is 13.6. The molecule has 1 aromatic carbocycles. The molecule has 124 valence electrons. The summed E-state index contributed by atoms with van der Waals surface area (Å²) in [6.07, 6.45) is 10.7. The first-order valence-electron chi connectivity index (χ1n) is 8.40. The van der Waals surface area contributed by atoms with Gasteiger partial charge in [0.1, 0.15) is 6.54 Å². The maximum absolute atomic E-state index is 12.4. The summed E-state index contributed by atoms with van der Waals surface area (Å²) in [5.74, 6) is 2.62. The van der Waals surface area contributed by atoms with Crippen LogP contribution in [0.15, 0.2) is 29.1 Å². The van der Waals surface area contributed by atoms with Gasteiger partial charge in [-0.1, -0.05) is 43.4 Å². The van der Waals surface area contributed by atoms with Crippen molar-refractivity contribution < 1.29 is 4.79 Å². The summed E-state index contributed by atoms with van der Waals surface area (Å²) in [6, 6.07) is 7.29. The highest BCUT2D eigenvalue weighted by Gasteiger charge is 2.21. The number of benzene rings is 1. The van der Waals surface area contributed by atoms with E-state index < -0.39 is 0 Å². The molecule has 1 amide bonds.